The van der Waals surface area contributed by atoms with Crippen molar-refractivity contribution in [3.8, 4) is 11.5 Å². The van der Waals surface area contributed by atoms with Crippen LogP contribution in [0.4, 0.5) is 4.79 Å². The number of rotatable bonds is 3. The van der Waals surface area contributed by atoms with E-state index < -0.39 is 28.6 Å². The number of hydrogen-bond donors (Lipinski definition) is 0. The zero-order valence-corrected chi connectivity index (χ0v) is 26.9. The minimum atomic E-state index is -0.775. The molecule has 0 aromatic heterocycles. The van der Waals surface area contributed by atoms with E-state index in [-0.39, 0.29) is 10.8 Å². The van der Waals surface area contributed by atoms with Gasteiger partial charge in [0.05, 0.1) is 5.56 Å². The Hall–Kier alpha value is -2.82. The Morgan fingerprint density at radius 1 is 0.564 bits per heavy atom. The molecule has 5 heteroatoms. The lowest BCUT2D eigenvalue weighted by atomic mass is 9.78. The van der Waals surface area contributed by atoms with Crippen molar-refractivity contribution in [2.45, 2.75) is 131 Å². The highest BCUT2D eigenvalue weighted by atomic mass is 16.7. The maximum absolute atomic E-state index is 13.7. The number of benzene rings is 2. The third kappa shape index (κ3) is 8.58. The third-order valence-corrected chi connectivity index (χ3v) is 6.37. The van der Waals surface area contributed by atoms with Gasteiger partial charge in [-0.2, -0.15) is 0 Å². The molecule has 0 aliphatic heterocycles. The maximum Gasteiger partial charge on any atom is 0.514 e. The summed E-state index contributed by atoms with van der Waals surface area (Å²) in [5, 5.41) is 0. The molecule has 0 aliphatic rings. The summed E-state index contributed by atoms with van der Waals surface area (Å²) in [7, 11) is 0. The Balaban J connectivity index is 2.67. The molecule has 2 aromatic carbocycles. The SMILES string of the molecule is CC(C)(C)OC(=O)Oc1c(C(C)(C)C)cc(C(=O)Oc2ccc(C(C)(C)C)cc2C(C)(C)C)cc1C(C)(C)C. The molecule has 0 unspecified atom stereocenters. The highest BCUT2D eigenvalue weighted by molar-refractivity contribution is 5.92. The van der Waals surface area contributed by atoms with Gasteiger partial charge in [-0.1, -0.05) is 95.2 Å². The first-order chi connectivity index (χ1) is 17.3. The normalized spacial score (nSPS) is 13.2. The molecule has 0 radical (unpaired) electrons. The molecule has 0 atom stereocenters. The monoisotopic (exact) mass is 538 g/mol. The van der Waals surface area contributed by atoms with Crippen LogP contribution in [0.25, 0.3) is 0 Å². The predicted molar refractivity (Wildman–Crippen MR) is 160 cm³/mol. The zero-order valence-electron chi connectivity index (χ0n) is 26.9. The van der Waals surface area contributed by atoms with Gasteiger partial charge in [0.2, 0.25) is 0 Å². The Kier molecular flexibility index (Phi) is 8.83. The number of carbonyl (C=O) groups excluding carboxylic acids is 2. The van der Waals surface area contributed by atoms with Gasteiger partial charge in [-0.15, -0.1) is 0 Å². The van der Waals surface area contributed by atoms with Gasteiger partial charge in [0, 0.05) is 16.7 Å². The van der Waals surface area contributed by atoms with Gasteiger partial charge in [0.15, 0.2) is 0 Å². The summed E-state index contributed by atoms with van der Waals surface area (Å²) in [5.41, 5.74) is 2.20. The smallest absolute Gasteiger partial charge is 0.428 e. The molecule has 0 bridgehead atoms. The van der Waals surface area contributed by atoms with Crippen molar-refractivity contribution in [1.82, 2.24) is 0 Å². The second-order valence-corrected chi connectivity index (χ2v) is 15.6. The minimum Gasteiger partial charge on any atom is -0.428 e. The van der Waals surface area contributed by atoms with E-state index in [1.165, 1.54) is 5.56 Å². The molecule has 0 N–H and O–H groups in total. The van der Waals surface area contributed by atoms with Crippen LogP contribution in [0.5, 0.6) is 11.5 Å². The number of hydrogen-bond acceptors (Lipinski definition) is 5. The van der Waals surface area contributed by atoms with E-state index in [1.807, 2.05) is 53.7 Å². The van der Waals surface area contributed by atoms with Gasteiger partial charge in [-0.3, -0.25) is 0 Å². The number of ether oxygens (including phenoxy) is 3. The zero-order chi connectivity index (χ0) is 30.4. The van der Waals surface area contributed by atoms with E-state index in [2.05, 4.69) is 47.6 Å². The van der Waals surface area contributed by atoms with Crippen molar-refractivity contribution in [2.75, 3.05) is 0 Å². The number of esters is 1. The van der Waals surface area contributed by atoms with Crippen molar-refractivity contribution in [3.05, 3.63) is 58.1 Å². The van der Waals surface area contributed by atoms with Crippen LogP contribution in [-0.2, 0) is 26.4 Å². The Labute approximate surface area is 236 Å². The van der Waals surface area contributed by atoms with Gasteiger partial charge < -0.3 is 14.2 Å². The molecule has 0 heterocycles. The summed E-state index contributed by atoms with van der Waals surface area (Å²) in [6.45, 7) is 30.4. The minimum absolute atomic E-state index is 0.0320. The van der Waals surface area contributed by atoms with Crippen LogP contribution in [0.3, 0.4) is 0 Å². The van der Waals surface area contributed by atoms with Crippen molar-refractivity contribution in [3.63, 3.8) is 0 Å². The predicted octanol–water partition coefficient (Wildman–Crippen LogP) is 9.41. The summed E-state index contributed by atoms with van der Waals surface area (Å²) >= 11 is 0. The average Bonchev–Trinajstić information content (AvgIpc) is 2.69. The van der Waals surface area contributed by atoms with Gasteiger partial charge in [0.1, 0.15) is 17.1 Å². The molecule has 39 heavy (non-hydrogen) atoms. The lowest BCUT2D eigenvalue weighted by molar-refractivity contribution is 0.0199. The molecule has 0 saturated carbocycles. The molecule has 0 saturated heterocycles. The Bertz CT molecular complexity index is 1180. The summed E-state index contributed by atoms with van der Waals surface area (Å²) in [4.78, 5) is 26.4. The molecule has 5 nitrogen and oxygen atoms in total. The number of carbonyl (C=O) groups is 2. The maximum atomic E-state index is 13.7. The van der Waals surface area contributed by atoms with Crippen LogP contribution in [-0.4, -0.2) is 17.7 Å². The first-order valence-corrected chi connectivity index (χ1v) is 13.8. The summed E-state index contributed by atoms with van der Waals surface area (Å²) in [6, 6.07) is 9.61. The first kappa shape index (κ1) is 32.4. The molecule has 0 aliphatic carbocycles. The van der Waals surface area contributed by atoms with Crippen molar-refractivity contribution >= 4 is 12.1 Å². The fourth-order valence-corrected chi connectivity index (χ4v) is 4.16. The second-order valence-electron chi connectivity index (χ2n) is 15.6. The summed E-state index contributed by atoms with van der Waals surface area (Å²) < 4.78 is 17.4. The van der Waals surface area contributed by atoms with Crippen LogP contribution in [0.2, 0.25) is 0 Å². The molecule has 0 amide bonds. The van der Waals surface area contributed by atoms with E-state index in [9.17, 15) is 9.59 Å². The Morgan fingerprint density at radius 2 is 1.03 bits per heavy atom. The molecule has 0 fully saturated rings. The summed E-state index contributed by atoms with van der Waals surface area (Å²) in [5.74, 6) is 0.513. The molecule has 216 valence electrons. The van der Waals surface area contributed by atoms with Gasteiger partial charge >= 0.3 is 12.1 Å². The van der Waals surface area contributed by atoms with E-state index in [0.29, 0.717) is 17.1 Å². The third-order valence-electron chi connectivity index (χ3n) is 6.37. The second kappa shape index (κ2) is 10.6. The van der Waals surface area contributed by atoms with Crippen LogP contribution in [0.1, 0.15) is 136 Å². The quantitative estimate of drug-likeness (QED) is 0.221. The largest absolute Gasteiger partial charge is 0.514 e. The van der Waals surface area contributed by atoms with Crippen LogP contribution < -0.4 is 9.47 Å². The van der Waals surface area contributed by atoms with Gasteiger partial charge in [-0.25, -0.2) is 9.59 Å². The molecular formula is C34H50O5. The fraction of sp³-hybridized carbons (Fsp3) is 0.588. The van der Waals surface area contributed by atoms with E-state index in [1.54, 1.807) is 32.9 Å². The van der Waals surface area contributed by atoms with E-state index >= 15 is 0 Å². The van der Waals surface area contributed by atoms with Crippen LogP contribution in [0.15, 0.2) is 30.3 Å². The van der Waals surface area contributed by atoms with Gasteiger partial charge in [-0.05, 0) is 66.2 Å². The fourth-order valence-electron chi connectivity index (χ4n) is 4.16. The molecule has 0 spiro atoms. The molecule has 2 rings (SSSR count). The van der Waals surface area contributed by atoms with Crippen molar-refractivity contribution in [1.29, 1.82) is 0 Å². The molecular weight excluding hydrogens is 488 g/mol. The van der Waals surface area contributed by atoms with Crippen molar-refractivity contribution in [2.24, 2.45) is 0 Å². The molecule has 2 aromatic rings. The highest BCUT2D eigenvalue weighted by Gasteiger charge is 2.32. The van der Waals surface area contributed by atoms with E-state index in [0.717, 1.165) is 16.7 Å². The highest BCUT2D eigenvalue weighted by Crippen LogP contribution is 2.42. The first-order valence-electron chi connectivity index (χ1n) is 13.8. The van der Waals surface area contributed by atoms with Crippen molar-refractivity contribution < 1.29 is 23.8 Å². The average molecular weight is 539 g/mol. The topological polar surface area (TPSA) is 61.8 Å². The van der Waals surface area contributed by atoms with Crippen LogP contribution in [0, 0.1) is 0 Å². The van der Waals surface area contributed by atoms with Gasteiger partial charge in [0.25, 0.3) is 0 Å². The lowest BCUT2D eigenvalue weighted by Crippen LogP contribution is -2.28. The van der Waals surface area contributed by atoms with Crippen LogP contribution >= 0.6 is 0 Å². The Morgan fingerprint density at radius 3 is 1.41 bits per heavy atom. The standard InChI is InChI=1S/C34H50O5/c1-30(2,3)22-16-17-26(23(20-22)31(4,5)6)37-28(35)21-18-24(32(7,8)9)27(25(19-21)33(10,11)12)38-29(36)39-34(13,14)15/h16-20H,1-15H3. The lowest BCUT2D eigenvalue weighted by Gasteiger charge is -2.30. The summed E-state index contributed by atoms with van der Waals surface area (Å²) in [6.07, 6.45) is -0.775. The van der Waals surface area contributed by atoms with E-state index in [4.69, 9.17) is 14.2 Å².